The van der Waals surface area contributed by atoms with Gasteiger partial charge in [0.25, 0.3) is 11.6 Å². The molecule has 8 nitrogen and oxygen atoms in total. The van der Waals surface area contributed by atoms with Crippen LogP contribution in [0.1, 0.15) is 30.6 Å². The van der Waals surface area contributed by atoms with Gasteiger partial charge in [-0.05, 0) is 49.8 Å². The number of rotatable bonds is 6. The van der Waals surface area contributed by atoms with Gasteiger partial charge >= 0.3 is 0 Å². The van der Waals surface area contributed by atoms with Crippen molar-refractivity contribution in [3.8, 4) is 11.5 Å². The lowest BCUT2D eigenvalue weighted by atomic mass is 10.2. The van der Waals surface area contributed by atoms with Crippen LogP contribution in [0.3, 0.4) is 0 Å². The zero-order chi connectivity index (χ0) is 20.0. The van der Waals surface area contributed by atoms with Crippen molar-refractivity contribution in [3.05, 3.63) is 58.1 Å². The van der Waals surface area contributed by atoms with Gasteiger partial charge in [0.05, 0.1) is 16.7 Å². The third kappa shape index (κ3) is 5.65. The van der Waals surface area contributed by atoms with Gasteiger partial charge in [0.15, 0.2) is 5.11 Å². The van der Waals surface area contributed by atoms with Gasteiger partial charge in [0.1, 0.15) is 11.5 Å². The molecule has 2 aromatic rings. The van der Waals surface area contributed by atoms with E-state index in [1.807, 2.05) is 13.8 Å². The van der Waals surface area contributed by atoms with Crippen LogP contribution in [0.2, 0.25) is 0 Å². The van der Waals surface area contributed by atoms with E-state index in [4.69, 9.17) is 17.0 Å². The maximum Gasteiger partial charge on any atom is 0.271 e. The highest BCUT2D eigenvalue weighted by atomic mass is 32.1. The van der Waals surface area contributed by atoms with Crippen molar-refractivity contribution in [2.24, 2.45) is 0 Å². The van der Waals surface area contributed by atoms with E-state index in [0.29, 0.717) is 11.3 Å². The number of ether oxygens (including phenoxy) is 1. The fourth-order valence-electron chi connectivity index (χ4n) is 2.09. The van der Waals surface area contributed by atoms with Gasteiger partial charge in [0.2, 0.25) is 0 Å². The fraction of sp³-hybridized carbons (Fsp3) is 0.222. The molecule has 0 bridgehead atoms. The summed E-state index contributed by atoms with van der Waals surface area (Å²) in [5.41, 5.74) is 0.130. The maximum absolute atomic E-state index is 12.3. The first-order valence-corrected chi connectivity index (χ1v) is 8.57. The van der Waals surface area contributed by atoms with Crippen LogP contribution in [0.5, 0.6) is 11.5 Å². The molecule has 0 aromatic heterocycles. The lowest BCUT2D eigenvalue weighted by Crippen LogP contribution is -2.34. The molecule has 2 rings (SSSR count). The Balaban J connectivity index is 2.06. The Hall–Kier alpha value is -3.20. The number of non-ortho nitro benzene ring substituents is 1. The highest BCUT2D eigenvalue weighted by molar-refractivity contribution is 7.80. The second-order valence-corrected chi connectivity index (χ2v) is 6.14. The number of nitro benzene ring substituents is 1. The predicted octanol–water partition coefficient (Wildman–Crippen LogP) is 3.60. The summed E-state index contributed by atoms with van der Waals surface area (Å²) in [4.78, 5) is 22.6. The van der Waals surface area contributed by atoms with E-state index >= 15 is 0 Å². The topological polar surface area (TPSA) is 114 Å². The SMILES string of the molecule is CCC(C)Oc1cccc(C(=O)NC(=S)Nc2cc([N+](=O)[O-])ccc2O)c1. The number of anilines is 1. The number of carbonyl (C=O) groups excluding carboxylic acids is 1. The van der Waals surface area contributed by atoms with Gasteiger partial charge in [-0.3, -0.25) is 20.2 Å². The van der Waals surface area contributed by atoms with E-state index < -0.39 is 10.8 Å². The molecule has 0 saturated carbocycles. The minimum atomic E-state index is -0.602. The fourth-order valence-corrected chi connectivity index (χ4v) is 2.30. The van der Waals surface area contributed by atoms with Gasteiger partial charge < -0.3 is 15.2 Å². The Morgan fingerprint density at radius 1 is 1.33 bits per heavy atom. The van der Waals surface area contributed by atoms with Crippen molar-refractivity contribution < 1.29 is 19.6 Å². The molecule has 3 N–H and O–H groups in total. The van der Waals surface area contributed by atoms with Crippen molar-refractivity contribution in [2.45, 2.75) is 26.4 Å². The summed E-state index contributed by atoms with van der Waals surface area (Å²) in [6.45, 7) is 3.92. The average molecular weight is 389 g/mol. The predicted molar refractivity (Wildman–Crippen MR) is 105 cm³/mol. The lowest BCUT2D eigenvalue weighted by Gasteiger charge is -2.14. The number of amides is 1. The molecular formula is C18H19N3O5S. The number of aromatic hydroxyl groups is 1. The van der Waals surface area contributed by atoms with Crippen LogP contribution < -0.4 is 15.4 Å². The summed E-state index contributed by atoms with van der Waals surface area (Å²) >= 11 is 5.05. The molecule has 0 aliphatic rings. The Morgan fingerprint density at radius 3 is 2.74 bits per heavy atom. The number of nitrogens with zero attached hydrogens (tertiary/aromatic N) is 1. The number of phenols is 1. The lowest BCUT2D eigenvalue weighted by molar-refractivity contribution is -0.384. The highest BCUT2D eigenvalue weighted by Gasteiger charge is 2.14. The number of phenolic OH excluding ortho intramolecular Hbond substituents is 1. The Labute approximate surface area is 161 Å². The molecule has 0 heterocycles. The minimum Gasteiger partial charge on any atom is -0.506 e. The van der Waals surface area contributed by atoms with Crippen LogP contribution in [-0.2, 0) is 0 Å². The number of hydrogen-bond donors (Lipinski definition) is 3. The van der Waals surface area contributed by atoms with E-state index in [0.717, 1.165) is 18.6 Å². The van der Waals surface area contributed by atoms with Crippen molar-refractivity contribution in [3.63, 3.8) is 0 Å². The summed E-state index contributed by atoms with van der Waals surface area (Å²) in [6, 6.07) is 10.1. The number of nitrogens with one attached hydrogen (secondary N) is 2. The van der Waals surface area contributed by atoms with Crippen LogP contribution in [0.25, 0.3) is 0 Å². The normalized spacial score (nSPS) is 11.3. The van der Waals surface area contributed by atoms with Crippen LogP contribution in [0.4, 0.5) is 11.4 Å². The smallest absolute Gasteiger partial charge is 0.271 e. The summed E-state index contributed by atoms with van der Waals surface area (Å²) in [7, 11) is 0. The Bertz CT molecular complexity index is 872. The summed E-state index contributed by atoms with van der Waals surface area (Å²) < 4.78 is 5.68. The molecule has 1 atom stereocenters. The first kappa shape index (κ1) is 20.1. The molecule has 0 aliphatic carbocycles. The van der Waals surface area contributed by atoms with E-state index in [-0.39, 0.29) is 28.3 Å². The van der Waals surface area contributed by atoms with Crippen molar-refractivity contribution in [2.75, 3.05) is 5.32 Å². The van der Waals surface area contributed by atoms with Gasteiger partial charge in [-0.15, -0.1) is 0 Å². The number of thiocarbonyl (C=S) groups is 1. The molecule has 27 heavy (non-hydrogen) atoms. The number of hydrogen-bond acceptors (Lipinski definition) is 6. The molecule has 1 unspecified atom stereocenters. The molecule has 0 aliphatic heterocycles. The second-order valence-electron chi connectivity index (χ2n) is 5.73. The largest absolute Gasteiger partial charge is 0.506 e. The zero-order valence-electron chi connectivity index (χ0n) is 14.8. The first-order chi connectivity index (χ1) is 12.8. The molecule has 0 spiro atoms. The second kappa shape index (κ2) is 8.95. The molecule has 1 amide bonds. The molecule has 2 aromatic carbocycles. The van der Waals surface area contributed by atoms with E-state index in [2.05, 4.69) is 10.6 Å². The number of carbonyl (C=O) groups is 1. The third-order valence-corrected chi connectivity index (χ3v) is 3.88. The maximum atomic E-state index is 12.3. The van der Waals surface area contributed by atoms with Crippen LogP contribution >= 0.6 is 12.2 Å². The summed E-state index contributed by atoms with van der Waals surface area (Å²) in [5, 5.41) is 25.5. The van der Waals surface area contributed by atoms with E-state index in [9.17, 15) is 20.0 Å². The monoisotopic (exact) mass is 389 g/mol. The standard InChI is InChI=1S/C18H19N3O5S/c1-3-11(2)26-14-6-4-5-12(9-14)17(23)20-18(27)19-15-10-13(21(24)25)7-8-16(15)22/h4-11,22H,3H2,1-2H3,(H2,19,20,23,27). The van der Waals surface area contributed by atoms with E-state index in [1.165, 1.54) is 6.07 Å². The van der Waals surface area contributed by atoms with Crippen molar-refractivity contribution in [1.29, 1.82) is 0 Å². The van der Waals surface area contributed by atoms with Gasteiger partial charge in [-0.2, -0.15) is 0 Å². The van der Waals surface area contributed by atoms with Gasteiger partial charge in [-0.25, -0.2) is 0 Å². The molecule has 142 valence electrons. The summed E-state index contributed by atoms with van der Waals surface area (Å²) in [6.07, 6.45) is 0.847. The van der Waals surface area contributed by atoms with Crippen LogP contribution in [-0.4, -0.2) is 27.2 Å². The molecule has 9 heteroatoms. The summed E-state index contributed by atoms with van der Waals surface area (Å²) in [5.74, 6) is -0.152. The van der Waals surface area contributed by atoms with E-state index in [1.54, 1.807) is 24.3 Å². The quantitative estimate of drug-likeness (QED) is 0.299. The van der Waals surface area contributed by atoms with Crippen LogP contribution in [0.15, 0.2) is 42.5 Å². The van der Waals surface area contributed by atoms with Crippen LogP contribution in [0, 0.1) is 10.1 Å². The molecular weight excluding hydrogens is 370 g/mol. The average Bonchev–Trinajstić information content (AvgIpc) is 2.63. The minimum absolute atomic E-state index is 0.0166. The van der Waals surface area contributed by atoms with Crippen molar-refractivity contribution >= 4 is 34.6 Å². The molecule has 0 radical (unpaired) electrons. The van der Waals surface area contributed by atoms with Gasteiger partial charge in [0, 0.05) is 17.7 Å². The van der Waals surface area contributed by atoms with Gasteiger partial charge in [-0.1, -0.05) is 13.0 Å². The number of nitro groups is 1. The first-order valence-electron chi connectivity index (χ1n) is 8.16. The van der Waals surface area contributed by atoms with Crippen molar-refractivity contribution in [1.82, 2.24) is 5.32 Å². The Morgan fingerprint density at radius 2 is 2.07 bits per heavy atom. The Kier molecular flexibility index (Phi) is 6.67. The third-order valence-electron chi connectivity index (χ3n) is 3.67. The number of benzene rings is 2. The molecule has 0 fully saturated rings. The highest BCUT2D eigenvalue weighted by Crippen LogP contribution is 2.27. The molecule has 0 saturated heterocycles. The zero-order valence-corrected chi connectivity index (χ0v) is 15.6.